The third-order valence-corrected chi connectivity index (χ3v) is 5.14. The maximum absolute atomic E-state index is 13.0. The zero-order chi connectivity index (χ0) is 21.3. The van der Waals surface area contributed by atoms with Crippen molar-refractivity contribution in [1.29, 1.82) is 0 Å². The zero-order valence-corrected chi connectivity index (χ0v) is 16.5. The molecule has 0 bridgehead atoms. The number of nitrogens with two attached hydrogens (primary N) is 1. The zero-order valence-electron chi connectivity index (χ0n) is 16.5. The van der Waals surface area contributed by atoms with Crippen molar-refractivity contribution in [2.75, 3.05) is 0 Å². The van der Waals surface area contributed by atoms with Gasteiger partial charge in [0.25, 0.3) is 0 Å². The fourth-order valence-corrected chi connectivity index (χ4v) is 3.37. The van der Waals surface area contributed by atoms with Crippen molar-refractivity contribution in [3.8, 4) is 11.3 Å². The van der Waals surface area contributed by atoms with Crippen molar-refractivity contribution in [3.05, 3.63) is 47.2 Å². The largest absolute Gasteiger partial charge is 0.456 e. The first-order valence-electron chi connectivity index (χ1n) is 9.56. The molecule has 1 aliphatic carbocycles. The molecular formula is C21H24F3N3O2. The van der Waals surface area contributed by atoms with Crippen LogP contribution in [0.25, 0.3) is 11.3 Å². The Bertz CT molecular complexity index is 899. The summed E-state index contributed by atoms with van der Waals surface area (Å²) >= 11 is 0. The maximum Gasteiger partial charge on any atom is 0.416 e. The van der Waals surface area contributed by atoms with Crippen LogP contribution in [0.15, 0.2) is 30.3 Å². The number of halogens is 3. The van der Waals surface area contributed by atoms with Crippen LogP contribution in [0, 0.1) is 11.8 Å². The molecule has 0 spiro atoms. The van der Waals surface area contributed by atoms with Gasteiger partial charge in [0, 0.05) is 11.1 Å². The van der Waals surface area contributed by atoms with Crippen molar-refractivity contribution in [3.63, 3.8) is 0 Å². The van der Waals surface area contributed by atoms with Gasteiger partial charge in [-0.05, 0) is 42.9 Å². The molecule has 0 amide bonds. The third-order valence-electron chi connectivity index (χ3n) is 5.14. The highest BCUT2D eigenvalue weighted by Gasteiger charge is 2.33. The first-order valence-corrected chi connectivity index (χ1v) is 9.56. The molecule has 2 N–H and O–H groups in total. The first kappa shape index (κ1) is 21.2. The Labute approximate surface area is 167 Å². The molecule has 0 saturated heterocycles. The average Bonchev–Trinajstić information content (AvgIpc) is 2.66. The summed E-state index contributed by atoms with van der Waals surface area (Å²) in [5.41, 5.74) is 7.12. The molecule has 1 aliphatic rings. The minimum atomic E-state index is -4.45. The van der Waals surface area contributed by atoms with E-state index in [1.165, 1.54) is 6.07 Å². The van der Waals surface area contributed by atoms with Crippen LogP contribution in [-0.2, 0) is 22.1 Å². The van der Waals surface area contributed by atoms with Crippen LogP contribution in [0.3, 0.4) is 0 Å². The molecule has 3 atom stereocenters. The van der Waals surface area contributed by atoms with Gasteiger partial charge in [-0.1, -0.05) is 32.9 Å². The highest BCUT2D eigenvalue weighted by atomic mass is 19.4. The van der Waals surface area contributed by atoms with E-state index in [2.05, 4.69) is 10.2 Å². The van der Waals surface area contributed by atoms with E-state index in [0.29, 0.717) is 35.4 Å². The first-order chi connectivity index (χ1) is 13.6. The molecule has 0 saturated carbocycles. The van der Waals surface area contributed by atoms with Crippen LogP contribution in [0.2, 0.25) is 0 Å². The number of hydrogen-bond donors (Lipinski definition) is 1. The molecule has 1 heterocycles. The maximum atomic E-state index is 13.0. The number of alkyl halides is 3. The van der Waals surface area contributed by atoms with E-state index in [-0.39, 0.29) is 11.8 Å². The van der Waals surface area contributed by atoms with Gasteiger partial charge in [-0.25, -0.2) is 0 Å². The standard InChI is InChI=1S/C21H24F3N3O2/c1-11(2)19(25)20(28)29-18-8-12(3)7-17-15(18)10-16(26-27-17)13-5-4-6-14(9-13)21(22,23)24/h4-6,9-12,18-19H,7-8,25H2,1-3H3/t12-,18+,19-/m0/s1. The molecule has 0 aliphatic heterocycles. The Kier molecular flexibility index (Phi) is 5.93. The summed E-state index contributed by atoms with van der Waals surface area (Å²) in [5, 5.41) is 8.34. The van der Waals surface area contributed by atoms with Crippen LogP contribution in [-0.4, -0.2) is 22.2 Å². The van der Waals surface area contributed by atoms with Crippen molar-refractivity contribution < 1.29 is 22.7 Å². The van der Waals surface area contributed by atoms with Crippen LogP contribution in [0.4, 0.5) is 13.2 Å². The summed E-state index contributed by atoms with van der Waals surface area (Å²) in [4.78, 5) is 12.4. The molecule has 29 heavy (non-hydrogen) atoms. The summed E-state index contributed by atoms with van der Waals surface area (Å²) in [7, 11) is 0. The van der Waals surface area contributed by atoms with E-state index in [9.17, 15) is 18.0 Å². The number of benzene rings is 1. The van der Waals surface area contributed by atoms with Gasteiger partial charge in [-0.15, -0.1) is 0 Å². The highest BCUT2D eigenvalue weighted by molar-refractivity contribution is 5.76. The van der Waals surface area contributed by atoms with E-state index in [1.54, 1.807) is 12.1 Å². The van der Waals surface area contributed by atoms with Gasteiger partial charge in [0.2, 0.25) is 0 Å². The van der Waals surface area contributed by atoms with E-state index in [0.717, 1.165) is 12.1 Å². The number of hydrogen-bond acceptors (Lipinski definition) is 5. The Morgan fingerprint density at radius 1 is 1.24 bits per heavy atom. The van der Waals surface area contributed by atoms with Crippen molar-refractivity contribution in [2.24, 2.45) is 17.6 Å². The summed E-state index contributed by atoms with van der Waals surface area (Å²) in [6.45, 7) is 5.69. The van der Waals surface area contributed by atoms with Gasteiger partial charge in [-0.2, -0.15) is 23.4 Å². The number of nitrogens with zero attached hydrogens (tertiary/aromatic N) is 2. The Morgan fingerprint density at radius 2 is 1.97 bits per heavy atom. The van der Waals surface area contributed by atoms with Crippen LogP contribution >= 0.6 is 0 Å². The lowest BCUT2D eigenvalue weighted by atomic mass is 9.85. The Balaban J connectivity index is 1.95. The number of esters is 1. The molecule has 0 radical (unpaired) electrons. The molecule has 3 rings (SSSR count). The second kappa shape index (κ2) is 8.10. The number of ether oxygens (including phenoxy) is 1. The molecule has 8 heteroatoms. The number of carbonyl (C=O) groups excluding carboxylic acids is 1. The molecule has 5 nitrogen and oxygen atoms in total. The predicted octanol–water partition coefficient (Wildman–Crippen LogP) is 4.31. The lowest BCUT2D eigenvalue weighted by Gasteiger charge is -2.30. The van der Waals surface area contributed by atoms with Crippen molar-refractivity contribution in [2.45, 2.75) is 51.9 Å². The van der Waals surface area contributed by atoms with Crippen LogP contribution < -0.4 is 5.73 Å². The van der Waals surface area contributed by atoms with E-state index >= 15 is 0 Å². The summed E-state index contributed by atoms with van der Waals surface area (Å²) < 4.78 is 44.8. The lowest BCUT2D eigenvalue weighted by Crippen LogP contribution is -2.38. The molecule has 0 fully saturated rings. The summed E-state index contributed by atoms with van der Waals surface area (Å²) in [6, 6.07) is 5.86. The Hall–Kier alpha value is -2.48. The van der Waals surface area contributed by atoms with Gasteiger partial charge in [-0.3, -0.25) is 4.79 Å². The highest BCUT2D eigenvalue weighted by Crippen LogP contribution is 2.37. The summed E-state index contributed by atoms with van der Waals surface area (Å²) in [5.74, 6) is -0.342. The molecule has 1 aromatic carbocycles. The van der Waals surface area contributed by atoms with Gasteiger partial charge in [0.15, 0.2) is 0 Å². The van der Waals surface area contributed by atoms with Crippen LogP contribution in [0.5, 0.6) is 0 Å². The second-order valence-electron chi connectivity index (χ2n) is 7.95. The molecule has 0 unspecified atom stereocenters. The van der Waals surface area contributed by atoms with E-state index < -0.39 is 29.9 Å². The lowest BCUT2D eigenvalue weighted by molar-refractivity contribution is -0.153. The van der Waals surface area contributed by atoms with Gasteiger partial charge in [0.1, 0.15) is 12.1 Å². The minimum Gasteiger partial charge on any atom is -0.456 e. The van der Waals surface area contributed by atoms with Crippen molar-refractivity contribution >= 4 is 5.97 Å². The quantitative estimate of drug-likeness (QED) is 0.764. The fraction of sp³-hybridized carbons (Fsp3) is 0.476. The number of carbonyl (C=O) groups is 1. The molecule has 1 aromatic heterocycles. The number of aromatic nitrogens is 2. The van der Waals surface area contributed by atoms with Crippen LogP contribution in [0.1, 0.15) is 50.1 Å². The average molecular weight is 407 g/mol. The summed E-state index contributed by atoms with van der Waals surface area (Å²) in [6.07, 6.45) is -3.74. The molecule has 2 aromatic rings. The topological polar surface area (TPSA) is 78.1 Å². The van der Waals surface area contributed by atoms with Gasteiger partial charge >= 0.3 is 12.1 Å². The SMILES string of the molecule is CC(C)[C@H](N)C(=O)O[C@@H]1C[C@@H](C)Cc2nnc(-c3cccc(C(F)(F)F)c3)cc21. The normalized spacial score (nSPS) is 20.3. The van der Waals surface area contributed by atoms with Crippen molar-refractivity contribution in [1.82, 2.24) is 10.2 Å². The number of fused-ring (bicyclic) bond motifs is 1. The minimum absolute atomic E-state index is 0.0702. The van der Waals surface area contributed by atoms with Gasteiger partial charge in [0.05, 0.1) is 17.0 Å². The monoisotopic (exact) mass is 407 g/mol. The van der Waals surface area contributed by atoms with Gasteiger partial charge < -0.3 is 10.5 Å². The van der Waals surface area contributed by atoms with E-state index in [1.807, 2.05) is 20.8 Å². The third kappa shape index (κ3) is 4.75. The number of rotatable bonds is 4. The second-order valence-corrected chi connectivity index (χ2v) is 7.95. The predicted molar refractivity (Wildman–Crippen MR) is 102 cm³/mol. The van der Waals surface area contributed by atoms with E-state index in [4.69, 9.17) is 10.5 Å². The molecule has 156 valence electrons. The fourth-order valence-electron chi connectivity index (χ4n) is 3.37. The smallest absolute Gasteiger partial charge is 0.416 e. The Morgan fingerprint density at radius 3 is 2.62 bits per heavy atom. The molecular weight excluding hydrogens is 383 g/mol.